The highest BCUT2D eigenvalue weighted by Gasteiger charge is 2.43. The number of hydrogen-bond donors (Lipinski definition) is 4. The molecule has 1 heterocycles. The molecule has 4 N–H and O–H groups in total. The predicted molar refractivity (Wildman–Crippen MR) is 68.5 cm³/mol. The molecular weight excluding hydrogens is 252 g/mol. The van der Waals surface area contributed by atoms with Crippen LogP contribution in [-0.4, -0.2) is 64.3 Å². The van der Waals surface area contributed by atoms with Crippen LogP contribution in [0.15, 0.2) is 0 Å². The Morgan fingerprint density at radius 2 is 1.63 bits per heavy atom. The Labute approximate surface area is 114 Å². The van der Waals surface area contributed by atoms with Crippen molar-refractivity contribution >= 4 is 0 Å². The first-order valence-electron chi connectivity index (χ1n) is 7.04. The molecule has 0 aromatic rings. The van der Waals surface area contributed by atoms with E-state index < -0.39 is 37.3 Å². The number of aliphatic hydroxyl groups is 4. The van der Waals surface area contributed by atoms with E-state index in [-0.39, 0.29) is 0 Å². The van der Waals surface area contributed by atoms with Crippen LogP contribution in [0.1, 0.15) is 39.0 Å². The second-order valence-corrected chi connectivity index (χ2v) is 4.98. The van der Waals surface area contributed by atoms with Crippen molar-refractivity contribution in [2.45, 2.75) is 69.7 Å². The van der Waals surface area contributed by atoms with E-state index >= 15 is 0 Å². The zero-order chi connectivity index (χ0) is 14.3. The quantitative estimate of drug-likeness (QED) is 0.458. The number of rotatable bonds is 8. The number of unbranched alkanes of at least 4 members (excludes halogenated alkanes) is 4. The van der Waals surface area contributed by atoms with E-state index in [0.717, 1.165) is 19.3 Å². The molecule has 0 radical (unpaired) electrons. The first-order valence-corrected chi connectivity index (χ1v) is 7.04. The van der Waals surface area contributed by atoms with E-state index in [4.69, 9.17) is 14.6 Å². The van der Waals surface area contributed by atoms with Gasteiger partial charge in [0, 0.05) is 6.61 Å². The SMILES string of the molecule is CCCCCCCO[C@@H]1O[C@H](CO)[C@@H](O)[C@H](O)[C@@H]1O. The summed E-state index contributed by atoms with van der Waals surface area (Å²) in [5.74, 6) is 0. The molecule has 114 valence electrons. The topological polar surface area (TPSA) is 99.4 Å². The van der Waals surface area contributed by atoms with Gasteiger partial charge in [-0.15, -0.1) is 0 Å². The highest BCUT2D eigenvalue weighted by atomic mass is 16.7. The van der Waals surface area contributed by atoms with Gasteiger partial charge < -0.3 is 29.9 Å². The lowest BCUT2D eigenvalue weighted by atomic mass is 9.99. The van der Waals surface area contributed by atoms with Gasteiger partial charge in [-0.3, -0.25) is 0 Å². The third-order valence-electron chi connectivity index (χ3n) is 3.38. The van der Waals surface area contributed by atoms with Gasteiger partial charge in [0.25, 0.3) is 0 Å². The Morgan fingerprint density at radius 3 is 2.26 bits per heavy atom. The normalized spacial score (nSPS) is 35.5. The largest absolute Gasteiger partial charge is 0.394 e. The maximum absolute atomic E-state index is 9.72. The van der Waals surface area contributed by atoms with Crippen molar-refractivity contribution in [1.82, 2.24) is 0 Å². The molecule has 1 rings (SSSR count). The molecule has 0 aromatic heterocycles. The fourth-order valence-corrected chi connectivity index (χ4v) is 2.11. The van der Waals surface area contributed by atoms with E-state index in [9.17, 15) is 15.3 Å². The Hall–Kier alpha value is -0.240. The monoisotopic (exact) mass is 278 g/mol. The van der Waals surface area contributed by atoms with E-state index in [1.54, 1.807) is 0 Å². The van der Waals surface area contributed by atoms with E-state index in [0.29, 0.717) is 6.61 Å². The van der Waals surface area contributed by atoms with Gasteiger partial charge in [0.05, 0.1) is 6.61 Å². The lowest BCUT2D eigenvalue weighted by molar-refractivity contribution is -0.301. The van der Waals surface area contributed by atoms with Crippen molar-refractivity contribution in [3.8, 4) is 0 Å². The maximum Gasteiger partial charge on any atom is 0.186 e. The fourth-order valence-electron chi connectivity index (χ4n) is 2.11. The summed E-state index contributed by atoms with van der Waals surface area (Å²) in [4.78, 5) is 0. The molecule has 0 bridgehead atoms. The van der Waals surface area contributed by atoms with Crippen molar-refractivity contribution in [3.05, 3.63) is 0 Å². The number of aliphatic hydroxyl groups excluding tert-OH is 4. The van der Waals surface area contributed by atoms with Crippen LogP contribution in [0.3, 0.4) is 0 Å². The van der Waals surface area contributed by atoms with Gasteiger partial charge in [-0.25, -0.2) is 0 Å². The summed E-state index contributed by atoms with van der Waals surface area (Å²) >= 11 is 0. The molecule has 0 spiro atoms. The van der Waals surface area contributed by atoms with E-state index in [1.165, 1.54) is 12.8 Å². The first kappa shape index (κ1) is 16.8. The van der Waals surface area contributed by atoms with Gasteiger partial charge in [-0.1, -0.05) is 32.6 Å². The van der Waals surface area contributed by atoms with Crippen molar-refractivity contribution < 1.29 is 29.9 Å². The summed E-state index contributed by atoms with van der Waals surface area (Å²) in [6.07, 6.45) is -0.471. The first-order chi connectivity index (χ1) is 9.11. The van der Waals surface area contributed by atoms with Crippen LogP contribution >= 0.6 is 0 Å². The molecule has 0 aliphatic carbocycles. The molecular formula is C13H26O6. The zero-order valence-electron chi connectivity index (χ0n) is 11.4. The van der Waals surface area contributed by atoms with Gasteiger partial charge in [0.1, 0.15) is 24.4 Å². The molecule has 1 aliphatic rings. The van der Waals surface area contributed by atoms with E-state index in [1.807, 2.05) is 0 Å². The Morgan fingerprint density at radius 1 is 0.947 bits per heavy atom. The summed E-state index contributed by atoms with van der Waals surface area (Å²) in [6, 6.07) is 0. The molecule has 6 nitrogen and oxygen atoms in total. The van der Waals surface area contributed by atoms with Crippen molar-refractivity contribution in [2.24, 2.45) is 0 Å². The van der Waals surface area contributed by atoms with Crippen LogP contribution in [0.5, 0.6) is 0 Å². The van der Waals surface area contributed by atoms with Crippen LogP contribution in [0.25, 0.3) is 0 Å². The summed E-state index contributed by atoms with van der Waals surface area (Å²) in [5.41, 5.74) is 0. The second-order valence-electron chi connectivity index (χ2n) is 4.98. The van der Waals surface area contributed by atoms with Gasteiger partial charge in [-0.05, 0) is 6.42 Å². The molecule has 0 aromatic carbocycles. The average molecular weight is 278 g/mol. The highest BCUT2D eigenvalue weighted by molar-refractivity contribution is 4.88. The summed E-state index contributed by atoms with van der Waals surface area (Å²) in [5, 5.41) is 37.9. The second kappa shape index (κ2) is 8.84. The average Bonchev–Trinajstić information content (AvgIpc) is 2.42. The maximum atomic E-state index is 9.72. The molecule has 1 saturated heterocycles. The van der Waals surface area contributed by atoms with Crippen molar-refractivity contribution in [1.29, 1.82) is 0 Å². The Balaban J connectivity index is 2.28. The van der Waals surface area contributed by atoms with E-state index in [2.05, 4.69) is 6.92 Å². The highest BCUT2D eigenvalue weighted by Crippen LogP contribution is 2.22. The van der Waals surface area contributed by atoms with Crippen molar-refractivity contribution in [3.63, 3.8) is 0 Å². The van der Waals surface area contributed by atoms with Crippen LogP contribution < -0.4 is 0 Å². The third kappa shape index (κ3) is 4.98. The summed E-state index contributed by atoms with van der Waals surface area (Å²) in [6.45, 7) is 2.14. The Kier molecular flexibility index (Phi) is 7.82. The molecule has 1 fully saturated rings. The van der Waals surface area contributed by atoms with Crippen LogP contribution in [0, 0.1) is 0 Å². The van der Waals surface area contributed by atoms with Gasteiger partial charge in [0.15, 0.2) is 6.29 Å². The molecule has 6 heteroatoms. The molecule has 0 saturated carbocycles. The lowest BCUT2D eigenvalue weighted by Gasteiger charge is -2.39. The molecule has 0 amide bonds. The minimum atomic E-state index is -1.36. The van der Waals surface area contributed by atoms with Crippen LogP contribution in [0.4, 0.5) is 0 Å². The van der Waals surface area contributed by atoms with Gasteiger partial charge >= 0.3 is 0 Å². The summed E-state index contributed by atoms with van der Waals surface area (Å²) < 4.78 is 10.6. The molecule has 19 heavy (non-hydrogen) atoms. The molecule has 1 aliphatic heterocycles. The third-order valence-corrected chi connectivity index (χ3v) is 3.38. The van der Waals surface area contributed by atoms with Crippen LogP contribution in [0.2, 0.25) is 0 Å². The van der Waals surface area contributed by atoms with Gasteiger partial charge in [0.2, 0.25) is 0 Å². The smallest absolute Gasteiger partial charge is 0.186 e. The number of ether oxygens (including phenoxy) is 2. The Bertz CT molecular complexity index is 235. The van der Waals surface area contributed by atoms with Gasteiger partial charge in [-0.2, -0.15) is 0 Å². The summed E-state index contributed by atoms with van der Waals surface area (Å²) in [7, 11) is 0. The predicted octanol–water partition coefficient (Wildman–Crippen LogP) is -0.227. The van der Waals surface area contributed by atoms with Crippen LogP contribution in [-0.2, 0) is 9.47 Å². The minimum Gasteiger partial charge on any atom is -0.394 e. The number of hydrogen-bond acceptors (Lipinski definition) is 6. The zero-order valence-corrected chi connectivity index (χ0v) is 11.4. The minimum absolute atomic E-state index is 0.423. The fraction of sp³-hybridized carbons (Fsp3) is 1.00. The lowest BCUT2D eigenvalue weighted by Crippen LogP contribution is -2.59. The van der Waals surface area contributed by atoms with Crippen molar-refractivity contribution in [2.75, 3.05) is 13.2 Å². The standard InChI is InChI=1S/C13H26O6/c1-2-3-4-5-6-7-18-13-12(17)11(16)10(15)9(8-14)19-13/h9-17H,2-8H2,1H3/t9-,10-,11+,12+,13-/m1/s1. The molecule has 0 unspecified atom stereocenters. The molecule has 5 atom stereocenters.